The highest BCUT2D eigenvalue weighted by atomic mass is 16.5. The summed E-state index contributed by atoms with van der Waals surface area (Å²) in [7, 11) is 0. The smallest absolute Gasteiger partial charge is 0.334 e. The molecule has 2 aromatic carbocycles. The summed E-state index contributed by atoms with van der Waals surface area (Å²) >= 11 is 0. The summed E-state index contributed by atoms with van der Waals surface area (Å²) in [6.07, 6.45) is 1.59. The molecule has 2 aromatic rings. The molecule has 0 aromatic heterocycles. The average Bonchev–Trinajstić information content (AvgIpc) is 2.92. The molecule has 3 rings (SSSR count). The molecule has 2 atom stereocenters. The molecule has 23 heavy (non-hydrogen) atoms. The van der Waals surface area contributed by atoms with Crippen LogP contribution >= 0.6 is 0 Å². The number of ether oxygens (including phenoxy) is 1. The number of carbonyl (C=O) groups is 1. The van der Waals surface area contributed by atoms with Crippen molar-refractivity contribution in [3.8, 4) is 0 Å². The second-order valence-corrected chi connectivity index (χ2v) is 6.03. The van der Waals surface area contributed by atoms with Crippen LogP contribution < -0.4 is 5.32 Å². The lowest BCUT2D eigenvalue weighted by Gasteiger charge is -2.37. The maximum absolute atomic E-state index is 12.8. The van der Waals surface area contributed by atoms with Gasteiger partial charge in [-0.2, -0.15) is 0 Å². The molecule has 0 unspecified atom stereocenters. The Balaban J connectivity index is 1.81. The zero-order chi connectivity index (χ0) is 16.3. The van der Waals surface area contributed by atoms with Crippen LogP contribution in [0.3, 0.4) is 0 Å². The van der Waals surface area contributed by atoms with E-state index >= 15 is 0 Å². The van der Waals surface area contributed by atoms with Gasteiger partial charge < -0.3 is 10.1 Å². The topological polar surface area (TPSA) is 50.7 Å². The van der Waals surface area contributed by atoms with Crippen LogP contribution in [0.1, 0.15) is 25.0 Å². The predicted molar refractivity (Wildman–Crippen MR) is 90.1 cm³/mol. The lowest BCUT2D eigenvalue weighted by Crippen LogP contribution is -2.58. The highest BCUT2D eigenvalue weighted by molar-refractivity contribution is 5.88. The van der Waals surface area contributed by atoms with Gasteiger partial charge >= 0.3 is 5.97 Å². The first-order valence-electron chi connectivity index (χ1n) is 7.64. The largest absolute Gasteiger partial charge is 0.459 e. The summed E-state index contributed by atoms with van der Waals surface area (Å²) < 4.78 is 5.55. The third kappa shape index (κ3) is 2.61. The van der Waals surface area contributed by atoms with Crippen LogP contribution in [-0.2, 0) is 21.7 Å². The minimum Gasteiger partial charge on any atom is -0.459 e. The zero-order valence-electron chi connectivity index (χ0n) is 13.3. The second kappa shape index (κ2) is 5.88. The number of nitrogens with one attached hydrogen (secondary N) is 1. The minimum atomic E-state index is -0.941. The van der Waals surface area contributed by atoms with Gasteiger partial charge in [0.1, 0.15) is 12.1 Å². The van der Waals surface area contributed by atoms with Crippen LogP contribution in [0.2, 0.25) is 0 Å². The Kier molecular flexibility index (Phi) is 3.90. The summed E-state index contributed by atoms with van der Waals surface area (Å²) in [5, 5.41) is 3.09. The lowest BCUT2D eigenvalue weighted by molar-refractivity contribution is -0.154. The number of benzene rings is 2. The molecule has 0 radical (unpaired) electrons. The number of hydrogen-bond donors (Lipinski definition) is 1. The predicted octanol–water partition coefficient (Wildman–Crippen LogP) is 3.04. The molecule has 1 heterocycles. The fourth-order valence-electron chi connectivity index (χ4n) is 2.81. The van der Waals surface area contributed by atoms with Gasteiger partial charge in [0.05, 0.1) is 6.34 Å². The molecule has 0 fully saturated rings. The first-order chi connectivity index (χ1) is 11.1. The number of hydrogen-bond acceptors (Lipinski definition) is 4. The Hall–Kier alpha value is -2.62. The van der Waals surface area contributed by atoms with Crippen LogP contribution in [0.4, 0.5) is 0 Å². The molecule has 0 amide bonds. The van der Waals surface area contributed by atoms with Crippen molar-refractivity contribution in [2.45, 2.75) is 31.5 Å². The van der Waals surface area contributed by atoms with Crippen molar-refractivity contribution in [3.05, 3.63) is 71.8 Å². The van der Waals surface area contributed by atoms with Crippen molar-refractivity contribution < 1.29 is 9.53 Å². The Bertz CT molecular complexity index is 715. The normalized spacial score (nSPS) is 25.8. The summed E-state index contributed by atoms with van der Waals surface area (Å²) in [5.74, 6) is -0.315. The van der Waals surface area contributed by atoms with Gasteiger partial charge in [-0.25, -0.2) is 4.79 Å². The van der Waals surface area contributed by atoms with Gasteiger partial charge in [-0.3, -0.25) is 4.99 Å². The zero-order valence-corrected chi connectivity index (χ0v) is 13.3. The monoisotopic (exact) mass is 308 g/mol. The van der Waals surface area contributed by atoms with E-state index in [9.17, 15) is 4.79 Å². The van der Waals surface area contributed by atoms with Crippen molar-refractivity contribution in [2.24, 2.45) is 4.99 Å². The van der Waals surface area contributed by atoms with Crippen LogP contribution in [-0.4, -0.2) is 17.8 Å². The quantitative estimate of drug-likeness (QED) is 0.883. The molecular weight excluding hydrogens is 288 g/mol. The van der Waals surface area contributed by atoms with Crippen LogP contribution in [0.25, 0.3) is 0 Å². The van der Waals surface area contributed by atoms with Crippen molar-refractivity contribution in [3.63, 3.8) is 0 Å². The Morgan fingerprint density at radius 3 is 2.30 bits per heavy atom. The first-order valence-corrected chi connectivity index (χ1v) is 7.64. The number of esters is 1. The van der Waals surface area contributed by atoms with Gasteiger partial charge in [-0.15, -0.1) is 0 Å². The van der Waals surface area contributed by atoms with E-state index in [0.29, 0.717) is 0 Å². The van der Waals surface area contributed by atoms with Crippen molar-refractivity contribution in [1.82, 2.24) is 5.32 Å². The fraction of sp³-hybridized carbons (Fsp3) is 0.263. The summed E-state index contributed by atoms with van der Waals surface area (Å²) in [4.78, 5) is 17.3. The molecule has 0 aliphatic carbocycles. The van der Waals surface area contributed by atoms with Crippen molar-refractivity contribution in [2.75, 3.05) is 0 Å². The molecule has 0 bridgehead atoms. The van der Waals surface area contributed by atoms with Gasteiger partial charge in [0, 0.05) is 0 Å². The number of nitrogens with zero attached hydrogens (tertiary/aromatic N) is 1. The maximum Gasteiger partial charge on any atom is 0.334 e. The van der Waals surface area contributed by atoms with E-state index in [1.165, 1.54) is 0 Å². The van der Waals surface area contributed by atoms with Gasteiger partial charge in [0.2, 0.25) is 0 Å². The molecule has 4 nitrogen and oxygen atoms in total. The molecule has 1 aliphatic rings. The fourth-order valence-corrected chi connectivity index (χ4v) is 2.81. The molecule has 0 saturated carbocycles. The molecule has 118 valence electrons. The van der Waals surface area contributed by atoms with Gasteiger partial charge in [-0.1, -0.05) is 60.7 Å². The number of carbonyl (C=O) groups excluding carboxylic acids is 1. The van der Waals surface area contributed by atoms with E-state index in [1.54, 1.807) is 6.34 Å². The highest BCUT2D eigenvalue weighted by Crippen LogP contribution is 2.40. The Morgan fingerprint density at radius 2 is 1.65 bits per heavy atom. The summed E-state index contributed by atoms with van der Waals surface area (Å²) in [5.41, 5.74) is 0.288. The van der Waals surface area contributed by atoms with E-state index in [1.807, 2.05) is 74.5 Å². The van der Waals surface area contributed by atoms with E-state index in [0.717, 1.165) is 11.1 Å². The number of rotatable bonds is 4. The Morgan fingerprint density at radius 1 is 1.04 bits per heavy atom. The summed E-state index contributed by atoms with van der Waals surface area (Å²) in [6, 6.07) is 19.5. The summed E-state index contributed by atoms with van der Waals surface area (Å²) in [6.45, 7) is 4.03. The minimum absolute atomic E-state index is 0.252. The third-order valence-electron chi connectivity index (χ3n) is 4.61. The second-order valence-electron chi connectivity index (χ2n) is 6.03. The van der Waals surface area contributed by atoms with E-state index in [4.69, 9.17) is 4.74 Å². The van der Waals surface area contributed by atoms with Gasteiger partial charge in [0.15, 0.2) is 5.54 Å². The average molecular weight is 308 g/mol. The lowest BCUT2D eigenvalue weighted by atomic mass is 9.76. The SMILES string of the molecule is C[C@@]1(C(=O)OCc2ccccc2)NC=N[C@@]1(C)c1ccccc1. The van der Waals surface area contributed by atoms with E-state index in [2.05, 4.69) is 10.3 Å². The van der Waals surface area contributed by atoms with Gasteiger partial charge in [-0.05, 0) is 25.0 Å². The maximum atomic E-state index is 12.8. The van der Waals surface area contributed by atoms with Gasteiger partial charge in [0.25, 0.3) is 0 Å². The molecule has 4 heteroatoms. The Labute approximate surface area is 136 Å². The molecular formula is C19H20N2O2. The first kappa shape index (κ1) is 15.3. The van der Waals surface area contributed by atoms with Crippen LogP contribution in [0.5, 0.6) is 0 Å². The van der Waals surface area contributed by atoms with Crippen LogP contribution in [0.15, 0.2) is 65.7 Å². The molecule has 1 N–H and O–H groups in total. The standard InChI is InChI=1S/C19H20N2O2/c1-18(16-11-7-4-8-12-16)19(2,21-14-20-18)17(22)23-13-15-9-5-3-6-10-15/h3-12,14H,13H2,1-2H3,(H,20,21)/t18-,19-/m0/s1. The number of aliphatic imine (C=N–C) groups is 1. The van der Waals surface area contributed by atoms with Crippen molar-refractivity contribution in [1.29, 1.82) is 0 Å². The van der Waals surface area contributed by atoms with Crippen LogP contribution in [0, 0.1) is 0 Å². The van der Waals surface area contributed by atoms with E-state index < -0.39 is 11.1 Å². The van der Waals surface area contributed by atoms with E-state index in [-0.39, 0.29) is 12.6 Å². The molecule has 0 saturated heterocycles. The molecule has 1 aliphatic heterocycles. The van der Waals surface area contributed by atoms with Crippen molar-refractivity contribution >= 4 is 12.3 Å². The third-order valence-corrected chi connectivity index (χ3v) is 4.61. The highest BCUT2D eigenvalue weighted by Gasteiger charge is 2.55. The molecule has 0 spiro atoms.